The maximum atomic E-state index is 3.59. The number of rotatable bonds is 7. The Labute approximate surface area is 138 Å². The fourth-order valence-corrected chi connectivity index (χ4v) is 4.90. The van der Waals surface area contributed by atoms with Crippen LogP contribution in [0.1, 0.15) is 44.6 Å². The number of halogens is 1. The molecule has 0 aromatic heterocycles. The lowest BCUT2D eigenvalue weighted by molar-refractivity contribution is 0.262. The molecule has 0 radical (unpaired) electrons. The molecule has 3 rings (SSSR count). The van der Waals surface area contributed by atoms with Crippen molar-refractivity contribution in [3.8, 4) is 0 Å². The van der Waals surface area contributed by atoms with E-state index in [4.69, 9.17) is 0 Å². The van der Waals surface area contributed by atoms with E-state index in [-0.39, 0.29) is 0 Å². The van der Waals surface area contributed by atoms with E-state index in [0.717, 1.165) is 30.2 Å². The van der Waals surface area contributed by atoms with Crippen LogP contribution in [0.25, 0.3) is 0 Å². The maximum absolute atomic E-state index is 3.59. The van der Waals surface area contributed by atoms with Crippen molar-refractivity contribution in [2.75, 3.05) is 13.1 Å². The van der Waals surface area contributed by atoms with Gasteiger partial charge in [-0.3, -0.25) is 0 Å². The third kappa shape index (κ3) is 4.10. The van der Waals surface area contributed by atoms with Gasteiger partial charge in [0.2, 0.25) is 0 Å². The first kappa shape index (κ1) is 15.6. The van der Waals surface area contributed by atoms with Crippen molar-refractivity contribution in [3.05, 3.63) is 34.3 Å². The van der Waals surface area contributed by atoms with Crippen LogP contribution >= 0.6 is 15.9 Å². The molecule has 0 spiro atoms. The van der Waals surface area contributed by atoms with Crippen molar-refractivity contribution in [1.82, 2.24) is 5.32 Å². The Morgan fingerprint density at radius 2 is 2.00 bits per heavy atom. The largest absolute Gasteiger partial charge is 0.317 e. The predicted octanol–water partition coefficient (Wildman–Crippen LogP) is 5.04. The minimum atomic E-state index is 0.801. The quantitative estimate of drug-likeness (QED) is 0.726. The molecular weight excluding hydrogens is 322 g/mol. The lowest BCUT2D eigenvalue weighted by atomic mass is 9.80. The molecule has 1 aromatic rings. The van der Waals surface area contributed by atoms with Gasteiger partial charge in [0.1, 0.15) is 0 Å². The lowest BCUT2D eigenvalue weighted by Crippen LogP contribution is -2.27. The van der Waals surface area contributed by atoms with Gasteiger partial charge in [-0.05, 0) is 86.6 Å². The zero-order valence-corrected chi connectivity index (χ0v) is 14.7. The van der Waals surface area contributed by atoms with Gasteiger partial charge in [-0.25, -0.2) is 0 Å². The first-order valence-corrected chi connectivity index (χ1v) is 9.49. The van der Waals surface area contributed by atoms with Crippen LogP contribution in [0.5, 0.6) is 0 Å². The predicted molar refractivity (Wildman–Crippen MR) is 93.4 cm³/mol. The molecule has 1 nitrogen and oxygen atoms in total. The van der Waals surface area contributed by atoms with Crippen molar-refractivity contribution in [3.63, 3.8) is 0 Å². The fraction of sp³-hybridized carbons (Fsp3) is 0.684. The van der Waals surface area contributed by atoms with Crippen LogP contribution in [0, 0.1) is 23.7 Å². The molecule has 2 fully saturated rings. The molecule has 21 heavy (non-hydrogen) atoms. The van der Waals surface area contributed by atoms with E-state index < -0.39 is 0 Å². The van der Waals surface area contributed by atoms with Crippen LogP contribution in [-0.2, 0) is 6.42 Å². The average Bonchev–Trinajstić information content (AvgIpc) is 3.09. The van der Waals surface area contributed by atoms with E-state index >= 15 is 0 Å². The zero-order chi connectivity index (χ0) is 14.7. The minimum absolute atomic E-state index is 0.801. The van der Waals surface area contributed by atoms with Gasteiger partial charge in [0.15, 0.2) is 0 Å². The first-order chi connectivity index (χ1) is 10.2. The standard InChI is InChI=1S/C19H28BrN/c1-2-21-13-16(9-14-4-7-19(20)8-5-14)12-18-11-15-3-6-17(18)10-15/h4-5,7-8,15-18,21H,2-3,6,9-13H2,1H3. The topological polar surface area (TPSA) is 12.0 Å². The molecule has 2 aliphatic carbocycles. The summed E-state index contributed by atoms with van der Waals surface area (Å²) in [5, 5.41) is 3.59. The summed E-state index contributed by atoms with van der Waals surface area (Å²) >= 11 is 3.53. The molecule has 2 bridgehead atoms. The minimum Gasteiger partial charge on any atom is -0.317 e. The third-order valence-electron chi connectivity index (χ3n) is 5.64. The third-order valence-corrected chi connectivity index (χ3v) is 6.17. The van der Waals surface area contributed by atoms with E-state index in [1.54, 1.807) is 0 Å². The molecule has 4 atom stereocenters. The molecule has 116 valence electrons. The summed E-state index contributed by atoms with van der Waals surface area (Å²) in [7, 11) is 0. The van der Waals surface area contributed by atoms with Gasteiger partial charge in [-0.15, -0.1) is 0 Å². The molecule has 2 saturated carbocycles. The number of fused-ring (bicyclic) bond motifs is 2. The Morgan fingerprint density at radius 3 is 2.62 bits per heavy atom. The van der Waals surface area contributed by atoms with Crippen LogP contribution in [0.3, 0.4) is 0 Å². The molecule has 1 aromatic carbocycles. The van der Waals surface area contributed by atoms with Crippen molar-refractivity contribution in [1.29, 1.82) is 0 Å². The summed E-state index contributed by atoms with van der Waals surface area (Å²) in [6.45, 7) is 4.49. The highest BCUT2D eigenvalue weighted by atomic mass is 79.9. The molecule has 0 aliphatic heterocycles. The van der Waals surface area contributed by atoms with E-state index in [0.29, 0.717) is 0 Å². The highest BCUT2D eigenvalue weighted by molar-refractivity contribution is 9.10. The van der Waals surface area contributed by atoms with Crippen LogP contribution in [0.2, 0.25) is 0 Å². The van der Waals surface area contributed by atoms with Crippen molar-refractivity contribution < 1.29 is 0 Å². The Morgan fingerprint density at radius 1 is 1.19 bits per heavy atom. The van der Waals surface area contributed by atoms with E-state index in [1.165, 1.54) is 55.1 Å². The monoisotopic (exact) mass is 349 g/mol. The lowest BCUT2D eigenvalue weighted by Gasteiger charge is -2.27. The first-order valence-electron chi connectivity index (χ1n) is 8.69. The van der Waals surface area contributed by atoms with Crippen LogP contribution < -0.4 is 5.32 Å². The number of hydrogen-bond acceptors (Lipinski definition) is 1. The molecule has 2 aliphatic rings. The Kier molecular flexibility index (Phi) is 5.39. The summed E-state index contributed by atoms with van der Waals surface area (Å²) in [5.74, 6) is 3.95. The second-order valence-corrected chi connectivity index (χ2v) is 8.09. The van der Waals surface area contributed by atoms with Gasteiger partial charge >= 0.3 is 0 Å². The summed E-state index contributed by atoms with van der Waals surface area (Å²) in [5.41, 5.74) is 1.49. The smallest absolute Gasteiger partial charge is 0.0175 e. The second-order valence-electron chi connectivity index (χ2n) is 7.17. The highest BCUT2D eigenvalue weighted by Gasteiger charge is 2.39. The van der Waals surface area contributed by atoms with Crippen molar-refractivity contribution in [2.24, 2.45) is 23.7 Å². The van der Waals surface area contributed by atoms with Crippen molar-refractivity contribution >= 4 is 15.9 Å². The van der Waals surface area contributed by atoms with Crippen molar-refractivity contribution in [2.45, 2.75) is 45.4 Å². The van der Waals surface area contributed by atoms with Crippen LogP contribution in [0.4, 0.5) is 0 Å². The second kappa shape index (κ2) is 7.28. The molecule has 0 heterocycles. The number of nitrogens with one attached hydrogen (secondary N) is 1. The van der Waals surface area contributed by atoms with Crippen LogP contribution in [-0.4, -0.2) is 13.1 Å². The highest BCUT2D eigenvalue weighted by Crippen LogP contribution is 2.50. The molecule has 0 amide bonds. The average molecular weight is 350 g/mol. The van der Waals surface area contributed by atoms with E-state index in [9.17, 15) is 0 Å². The molecule has 4 unspecified atom stereocenters. The van der Waals surface area contributed by atoms with Gasteiger partial charge in [0.05, 0.1) is 0 Å². The Hall–Kier alpha value is -0.340. The molecule has 0 saturated heterocycles. The van der Waals surface area contributed by atoms with Gasteiger partial charge in [-0.2, -0.15) is 0 Å². The zero-order valence-electron chi connectivity index (χ0n) is 13.2. The summed E-state index contributed by atoms with van der Waals surface area (Å²) in [6.07, 6.45) is 8.76. The van der Waals surface area contributed by atoms with Crippen LogP contribution in [0.15, 0.2) is 28.7 Å². The number of hydrogen-bond donors (Lipinski definition) is 1. The molecular formula is C19H28BrN. The van der Waals surface area contributed by atoms with Gasteiger partial charge in [0, 0.05) is 4.47 Å². The fourth-order valence-electron chi connectivity index (χ4n) is 4.63. The van der Waals surface area contributed by atoms with E-state index in [2.05, 4.69) is 52.4 Å². The van der Waals surface area contributed by atoms with Gasteiger partial charge < -0.3 is 5.32 Å². The van der Waals surface area contributed by atoms with Gasteiger partial charge in [0.25, 0.3) is 0 Å². The SMILES string of the molecule is CCNCC(Cc1ccc(Br)cc1)CC1CC2CCC1C2. The summed E-state index contributed by atoms with van der Waals surface area (Å²) in [4.78, 5) is 0. The van der Waals surface area contributed by atoms with E-state index in [1.807, 2.05) is 0 Å². The Bertz CT molecular complexity index is 441. The Balaban J connectivity index is 1.59. The number of benzene rings is 1. The summed E-state index contributed by atoms with van der Waals surface area (Å²) < 4.78 is 1.18. The summed E-state index contributed by atoms with van der Waals surface area (Å²) in [6, 6.07) is 8.92. The molecule has 2 heteroatoms. The molecule has 1 N–H and O–H groups in total. The van der Waals surface area contributed by atoms with Gasteiger partial charge in [-0.1, -0.05) is 41.4 Å². The maximum Gasteiger partial charge on any atom is 0.0175 e. The normalized spacial score (nSPS) is 29.0.